The van der Waals surface area contributed by atoms with Gasteiger partial charge >= 0.3 is 6.18 Å². The van der Waals surface area contributed by atoms with Crippen LogP contribution < -0.4 is 10.6 Å². The zero-order valence-corrected chi connectivity index (χ0v) is 19.1. The van der Waals surface area contributed by atoms with E-state index in [9.17, 15) is 28.3 Å². The summed E-state index contributed by atoms with van der Waals surface area (Å²) >= 11 is 0. The highest BCUT2D eigenvalue weighted by molar-refractivity contribution is 5.99. The van der Waals surface area contributed by atoms with Crippen molar-refractivity contribution in [1.29, 1.82) is 5.26 Å². The van der Waals surface area contributed by atoms with E-state index in [2.05, 4.69) is 31.7 Å². The third-order valence-electron chi connectivity index (χ3n) is 6.20. The average Bonchev–Trinajstić information content (AvgIpc) is 3.25. The van der Waals surface area contributed by atoms with Crippen molar-refractivity contribution in [2.24, 2.45) is 10.9 Å². The summed E-state index contributed by atoms with van der Waals surface area (Å²) in [6.45, 7) is 3.51. The van der Waals surface area contributed by atoms with E-state index in [1.54, 1.807) is 11.8 Å². The number of guanidine groups is 1. The smallest absolute Gasteiger partial charge is 0.393 e. The van der Waals surface area contributed by atoms with Crippen molar-refractivity contribution in [2.45, 2.75) is 38.5 Å². The number of nitrogens with one attached hydrogen (secondary N) is 3. The molecule has 9 nitrogen and oxygen atoms in total. The Morgan fingerprint density at radius 1 is 1.40 bits per heavy atom. The molecule has 2 aromatic rings. The number of carbonyl (C=O) groups is 1. The molecule has 2 aliphatic heterocycles. The highest BCUT2D eigenvalue weighted by Crippen LogP contribution is 2.33. The number of aliphatic hydroxyl groups excluding tert-OH is 1. The second-order valence-corrected chi connectivity index (χ2v) is 8.83. The molecule has 2 aromatic heterocycles. The summed E-state index contributed by atoms with van der Waals surface area (Å²) in [7, 11) is 0. The Morgan fingerprint density at radius 2 is 2.14 bits per heavy atom. The van der Waals surface area contributed by atoms with E-state index in [0.29, 0.717) is 48.3 Å². The number of aliphatic hydroxyl groups is 1. The van der Waals surface area contributed by atoms with E-state index in [4.69, 9.17) is 0 Å². The summed E-state index contributed by atoms with van der Waals surface area (Å²) in [6, 6.07) is 3.09. The number of aliphatic imine (C=N–C) groups is 1. The number of rotatable bonds is 5. The number of hydrogen-bond acceptors (Lipinski definition) is 7. The Bertz CT molecular complexity index is 1200. The maximum Gasteiger partial charge on any atom is 0.417 e. The molecule has 0 radical (unpaired) electrons. The van der Waals surface area contributed by atoms with Gasteiger partial charge in [0, 0.05) is 43.0 Å². The van der Waals surface area contributed by atoms with Gasteiger partial charge in [0.05, 0.1) is 42.0 Å². The Balaban J connectivity index is 1.41. The quantitative estimate of drug-likeness (QED) is 0.510. The van der Waals surface area contributed by atoms with E-state index in [1.807, 2.05) is 0 Å². The fourth-order valence-electron chi connectivity index (χ4n) is 4.27. The SMILES string of the molecule is C[C@@H](O)CC(=O)N1CCC(CNC2=NCC(C#N)=C(c3c[nH]c4ncc(C(F)(F)F)cc34)N2)CC1. The molecule has 0 bridgehead atoms. The van der Waals surface area contributed by atoms with Crippen LogP contribution in [0, 0.1) is 17.2 Å². The number of H-pyrrole nitrogens is 1. The lowest BCUT2D eigenvalue weighted by Crippen LogP contribution is -2.45. The van der Waals surface area contributed by atoms with Crippen LogP contribution in [0.25, 0.3) is 16.7 Å². The molecule has 0 aliphatic carbocycles. The van der Waals surface area contributed by atoms with Gasteiger partial charge in [-0.3, -0.25) is 4.79 Å². The average molecular weight is 490 g/mol. The van der Waals surface area contributed by atoms with Crippen LogP contribution >= 0.6 is 0 Å². The number of pyridine rings is 1. The molecule has 4 heterocycles. The molecule has 1 atom stereocenters. The first kappa shape index (κ1) is 24.5. The van der Waals surface area contributed by atoms with E-state index < -0.39 is 17.8 Å². The minimum atomic E-state index is -4.53. The maximum absolute atomic E-state index is 13.2. The number of aromatic nitrogens is 2. The van der Waals surface area contributed by atoms with E-state index in [-0.39, 0.29) is 29.9 Å². The number of aromatic amines is 1. The lowest BCUT2D eigenvalue weighted by Gasteiger charge is -2.33. The Hall–Kier alpha value is -3.59. The molecular formula is C23H26F3N7O2. The van der Waals surface area contributed by atoms with Crippen LogP contribution in [0.15, 0.2) is 29.0 Å². The van der Waals surface area contributed by atoms with Gasteiger partial charge in [-0.2, -0.15) is 18.4 Å². The Morgan fingerprint density at radius 3 is 2.80 bits per heavy atom. The van der Waals surface area contributed by atoms with Gasteiger partial charge in [0.1, 0.15) is 5.65 Å². The zero-order valence-electron chi connectivity index (χ0n) is 19.1. The second kappa shape index (κ2) is 9.95. The number of carbonyl (C=O) groups excluding carboxylic acids is 1. The number of likely N-dealkylation sites (tertiary alicyclic amines) is 1. The van der Waals surface area contributed by atoms with Gasteiger partial charge in [-0.25, -0.2) is 9.98 Å². The predicted molar refractivity (Wildman–Crippen MR) is 123 cm³/mol. The minimum Gasteiger partial charge on any atom is -0.393 e. The highest BCUT2D eigenvalue weighted by Gasteiger charge is 2.32. The molecular weight excluding hydrogens is 463 g/mol. The fourth-order valence-corrected chi connectivity index (χ4v) is 4.27. The first-order chi connectivity index (χ1) is 16.7. The normalized spacial score (nSPS) is 18.2. The first-order valence-electron chi connectivity index (χ1n) is 11.3. The van der Waals surface area contributed by atoms with Crippen molar-refractivity contribution in [2.75, 3.05) is 26.2 Å². The summed E-state index contributed by atoms with van der Waals surface area (Å²) in [5, 5.41) is 25.5. The van der Waals surface area contributed by atoms with Crippen molar-refractivity contribution >= 4 is 28.6 Å². The molecule has 186 valence electrons. The van der Waals surface area contributed by atoms with Gasteiger partial charge in [0.15, 0.2) is 5.96 Å². The summed E-state index contributed by atoms with van der Waals surface area (Å²) < 4.78 is 39.6. The zero-order chi connectivity index (χ0) is 25.2. The van der Waals surface area contributed by atoms with Crippen molar-refractivity contribution in [3.05, 3.63) is 35.2 Å². The topological polar surface area (TPSA) is 129 Å². The number of halogens is 3. The van der Waals surface area contributed by atoms with Gasteiger partial charge in [0.2, 0.25) is 5.91 Å². The summed E-state index contributed by atoms with van der Waals surface area (Å²) in [4.78, 5) is 25.0. The van der Waals surface area contributed by atoms with Crippen LogP contribution in [0.3, 0.4) is 0 Å². The molecule has 35 heavy (non-hydrogen) atoms. The number of alkyl halides is 3. The molecule has 12 heteroatoms. The number of amides is 1. The largest absolute Gasteiger partial charge is 0.417 e. The van der Waals surface area contributed by atoms with E-state index >= 15 is 0 Å². The lowest BCUT2D eigenvalue weighted by molar-refractivity contribution is -0.137. The van der Waals surface area contributed by atoms with Crippen LogP contribution in [-0.2, 0) is 11.0 Å². The van der Waals surface area contributed by atoms with Crippen LogP contribution in [0.4, 0.5) is 13.2 Å². The maximum atomic E-state index is 13.2. The van der Waals surface area contributed by atoms with Gasteiger partial charge < -0.3 is 25.6 Å². The lowest BCUT2D eigenvalue weighted by atomic mass is 9.96. The minimum absolute atomic E-state index is 0.0505. The first-order valence-corrected chi connectivity index (χ1v) is 11.3. The van der Waals surface area contributed by atoms with Crippen LogP contribution in [0.5, 0.6) is 0 Å². The summed E-state index contributed by atoms with van der Waals surface area (Å²) in [5.41, 5.74) is 0.517. The van der Waals surface area contributed by atoms with Gasteiger partial charge in [-0.05, 0) is 31.7 Å². The third kappa shape index (κ3) is 5.57. The van der Waals surface area contributed by atoms with E-state index in [0.717, 1.165) is 25.1 Å². The van der Waals surface area contributed by atoms with Crippen LogP contribution in [-0.4, -0.2) is 64.1 Å². The number of nitriles is 1. The number of nitrogens with zero attached hydrogens (tertiary/aromatic N) is 4. The Labute approximate surface area is 199 Å². The van der Waals surface area contributed by atoms with Crippen LogP contribution in [0.2, 0.25) is 0 Å². The van der Waals surface area contributed by atoms with Crippen molar-refractivity contribution in [3.63, 3.8) is 0 Å². The molecule has 0 saturated carbocycles. The molecule has 0 spiro atoms. The molecule has 4 N–H and O–H groups in total. The fraction of sp³-hybridized carbons (Fsp3) is 0.478. The van der Waals surface area contributed by atoms with Gasteiger partial charge in [-0.1, -0.05) is 0 Å². The number of hydrogen-bond donors (Lipinski definition) is 4. The van der Waals surface area contributed by atoms with Crippen molar-refractivity contribution in [1.82, 2.24) is 25.5 Å². The molecule has 2 aliphatic rings. The molecule has 1 amide bonds. The molecule has 4 rings (SSSR count). The summed E-state index contributed by atoms with van der Waals surface area (Å²) in [5.74, 6) is 0.679. The van der Waals surface area contributed by atoms with Crippen LogP contribution in [0.1, 0.15) is 37.3 Å². The molecule has 0 aromatic carbocycles. The van der Waals surface area contributed by atoms with Gasteiger partial charge in [0.25, 0.3) is 0 Å². The van der Waals surface area contributed by atoms with Crippen molar-refractivity contribution in [3.8, 4) is 6.07 Å². The standard InChI is InChI=1S/C23H26F3N7O2/c1-13(34)6-19(35)33-4-2-14(3-5-33)9-30-22-31-10-15(8-27)20(32-22)18-12-29-21-17(18)7-16(11-28-21)23(24,25)26/h7,11-14,34H,2-6,9-10H2,1H3,(H,28,29)(H2,30,31,32)/t13-/m1/s1. The molecule has 1 fully saturated rings. The summed E-state index contributed by atoms with van der Waals surface area (Å²) in [6.07, 6.45) is -1.18. The van der Waals surface area contributed by atoms with Crippen molar-refractivity contribution < 1.29 is 23.1 Å². The third-order valence-corrected chi connectivity index (χ3v) is 6.20. The second-order valence-electron chi connectivity index (χ2n) is 8.83. The molecule has 0 unspecified atom stereocenters. The highest BCUT2D eigenvalue weighted by atomic mass is 19.4. The predicted octanol–water partition coefficient (Wildman–Crippen LogP) is 2.37. The van der Waals surface area contributed by atoms with Gasteiger partial charge in [-0.15, -0.1) is 0 Å². The monoisotopic (exact) mass is 489 g/mol. The number of fused-ring (bicyclic) bond motifs is 1. The Kier molecular flexibility index (Phi) is 6.98. The number of piperidine rings is 1. The van der Waals surface area contributed by atoms with E-state index in [1.165, 1.54) is 6.20 Å². The molecule has 1 saturated heterocycles.